The molecule has 0 radical (unpaired) electrons. The number of nitrogens with one attached hydrogen (secondary N) is 1. The maximum atomic E-state index is 13.3. The maximum Gasteiger partial charge on any atom is 0.259 e. The van der Waals surface area contributed by atoms with E-state index in [4.69, 9.17) is 4.74 Å². The number of methoxy groups -OCH3 is 1. The lowest BCUT2D eigenvalue weighted by atomic mass is 10.0. The summed E-state index contributed by atoms with van der Waals surface area (Å²) in [7, 11) is 1.57. The Hall–Kier alpha value is -3.30. The molecule has 2 aromatic heterocycles. The number of carbonyl (C=O) groups is 1. The Bertz CT molecular complexity index is 1520. The van der Waals surface area contributed by atoms with Crippen molar-refractivity contribution in [3.63, 3.8) is 0 Å². The Morgan fingerprint density at radius 2 is 2.00 bits per heavy atom. The Morgan fingerprint density at radius 1 is 1.18 bits per heavy atom. The minimum absolute atomic E-state index is 0.245. The van der Waals surface area contributed by atoms with Gasteiger partial charge in [-0.1, -0.05) is 54.7 Å². The minimum atomic E-state index is -0.245. The van der Waals surface area contributed by atoms with Crippen LogP contribution in [0.25, 0.3) is 26.3 Å². The summed E-state index contributed by atoms with van der Waals surface area (Å²) in [5.41, 5.74) is 3.02. The summed E-state index contributed by atoms with van der Waals surface area (Å²) in [6.45, 7) is 3.98. The predicted octanol–water partition coefficient (Wildman–Crippen LogP) is 5.90. The third-order valence-electron chi connectivity index (χ3n) is 5.49. The van der Waals surface area contributed by atoms with Crippen molar-refractivity contribution in [2.45, 2.75) is 20.3 Å². The number of nitrogens with zero attached hydrogens (tertiary/aromatic N) is 4. The van der Waals surface area contributed by atoms with Gasteiger partial charge in [0, 0.05) is 17.7 Å². The first kappa shape index (κ1) is 21.5. The van der Waals surface area contributed by atoms with Crippen LogP contribution in [0, 0.1) is 6.92 Å². The lowest BCUT2D eigenvalue weighted by molar-refractivity contribution is 0.102. The second-order valence-electron chi connectivity index (χ2n) is 7.55. The molecule has 0 atom stereocenters. The number of anilines is 1. The van der Waals surface area contributed by atoms with Crippen molar-refractivity contribution in [3.05, 3.63) is 70.0 Å². The Kier molecular flexibility index (Phi) is 5.59. The standard InChI is InChI=1S/C24H20BrN5O2S/c1-4-19-27-28-24-30(19)29-23(33-24)15-10-9-13(2)18(12-15)26-22(31)17-11-14-7-5-6-8-16(14)20(25)21(17)32-3/h5-12H,4H2,1-3H3,(H,26,31). The summed E-state index contributed by atoms with van der Waals surface area (Å²) in [6, 6.07) is 15.6. The molecule has 0 saturated carbocycles. The fourth-order valence-electron chi connectivity index (χ4n) is 3.73. The summed E-state index contributed by atoms with van der Waals surface area (Å²) in [4.78, 5) is 14.1. The number of carbonyl (C=O) groups excluding carboxylic acids is 1. The van der Waals surface area contributed by atoms with Crippen LogP contribution in [-0.2, 0) is 6.42 Å². The summed E-state index contributed by atoms with van der Waals surface area (Å²) >= 11 is 5.07. The largest absolute Gasteiger partial charge is 0.495 e. The predicted molar refractivity (Wildman–Crippen MR) is 134 cm³/mol. The Balaban J connectivity index is 1.52. The molecule has 2 heterocycles. The van der Waals surface area contributed by atoms with Crippen LogP contribution < -0.4 is 10.1 Å². The lowest BCUT2D eigenvalue weighted by Gasteiger charge is -2.15. The summed E-state index contributed by atoms with van der Waals surface area (Å²) in [5, 5.41) is 18.8. The number of hydrogen-bond donors (Lipinski definition) is 1. The zero-order valence-corrected chi connectivity index (χ0v) is 20.6. The number of fused-ring (bicyclic) bond motifs is 2. The van der Waals surface area contributed by atoms with Crippen LogP contribution >= 0.6 is 27.3 Å². The van der Waals surface area contributed by atoms with E-state index in [1.54, 1.807) is 11.6 Å². The Morgan fingerprint density at radius 3 is 2.79 bits per heavy atom. The van der Waals surface area contributed by atoms with Crippen molar-refractivity contribution in [2.24, 2.45) is 0 Å². The number of aryl methyl sites for hydroxylation is 2. The van der Waals surface area contributed by atoms with Crippen LogP contribution in [0.4, 0.5) is 5.69 Å². The fourth-order valence-corrected chi connectivity index (χ4v) is 5.32. The monoisotopic (exact) mass is 521 g/mol. The van der Waals surface area contributed by atoms with Gasteiger partial charge in [-0.2, -0.15) is 9.61 Å². The van der Waals surface area contributed by atoms with Gasteiger partial charge in [0.05, 0.1) is 17.1 Å². The SMILES string of the molecule is CCc1nnc2sc(-c3ccc(C)c(NC(=O)c4cc5ccccc5c(Br)c4OC)c3)nn12. The number of amides is 1. The highest BCUT2D eigenvalue weighted by molar-refractivity contribution is 9.10. The van der Waals surface area contributed by atoms with Crippen molar-refractivity contribution in [1.29, 1.82) is 0 Å². The molecule has 166 valence electrons. The molecule has 0 spiro atoms. The molecular formula is C24H20BrN5O2S. The van der Waals surface area contributed by atoms with E-state index < -0.39 is 0 Å². The average molecular weight is 522 g/mol. The van der Waals surface area contributed by atoms with Gasteiger partial charge in [-0.3, -0.25) is 4.79 Å². The van der Waals surface area contributed by atoms with Crippen molar-refractivity contribution < 1.29 is 9.53 Å². The quantitative estimate of drug-likeness (QED) is 0.311. The van der Waals surface area contributed by atoms with Crippen molar-refractivity contribution in [3.8, 4) is 16.3 Å². The first-order chi connectivity index (χ1) is 16.0. The minimum Gasteiger partial charge on any atom is -0.495 e. The van der Waals surface area contributed by atoms with Crippen LogP contribution in [0.5, 0.6) is 5.75 Å². The van der Waals surface area contributed by atoms with Gasteiger partial charge in [0.2, 0.25) is 4.96 Å². The lowest BCUT2D eigenvalue weighted by Crippen LogP contribution is -2.14. The van der Waals surface area contributed by atoms with E-state index in [1.165, 1.54) is 11.3 Å². The molecule has 0 fully saturated rings. The van der Waals surface area contributed by atoms with Crippen LogP contribution in [0.1, 0.15) is 28.7 Å². The molecule has 33 heavy (non-hydrogen) atoms. The van der Waals surface area contributed by atoms with Gasteiger partial charge in [0.1, 0.15) is 10.8 Å². The second-order valence-corrected chi connectivity index (χ2v) is 9.30. The van der Waals surface area contributed by atoms with Gasteiger partial charge in [-0.25, -0.2) is 0 Å². The first-order valence-corrected chi connectivity index (χ1v) is 12.0. The summed E-state index contributed by atoms with van der Waals surface area (Å²) in [6.07, 6.45) is 0.753. The molecule has 0 bridgehead atoms. The molecular weight excluding hydrogens is 502 g/mol. The van der Waals surface area contributed by atoms with Gasteiger partial charge >= 0.3 is 0 Å². The number of benzene rings is 3. The first-order valence-electron chi connectivity index (χ1n) is 10.4. The van der Waals surface area contributed by atoms with E-state index in [1.807, 2.05) is 62.4 Å². The van der Waals surface area contributed by atoms with Crippen molar-refractivity contribution in [2.75, 3.05) is 12.4 Å². The molecule has 3 aromatic carbocycles. The van der Waals surface area contributed by atoms with Crippen molar-refractivity contribution in [1.82, 2.24) is 19.8 Å². The van der Waals surface area contributed by atoms with E-state index in [0.717, 1.165) is 48.6 Å². The zero-order valence-electron chi connectivity index (χ0n) is 18.2. The number of halogens is 1. The highest BCUT2D eigenvalue weighted by Gasteiger charge is 2.19. The fraction of sp³-hybridized carbons (Fsp3) is 0.167. The molecule has 7 nitrogen and oxygen atoms in total. The molecule has 0 saturated heterocycles. The van der Waals surface area contributed by atoms with Gasteiger partial charge in [0.15, 0.2) is 5.82 Å². The van der Waals surface area contributed by atoms with Gasteiger partial charge in [-0.15, -0.1) is 10.2 Å². The third-order valence-corrected chi connectivity index (χ3v) is 7.23. The Labute approximate surface area is 202 Å². The van der Waals surface area contributed by atoms with Crippen LogP contribution in [0.15, 0.2) is 53.0 Å². The molecule has 0 aliphatic heterocycles. The van der Waals surface area contributed by atoms with Crippen LogP contribution in [0.3, 0.4) is 0 Å². The normalized spacial score (nSPS) is 11.3. The average Bonchev–Trinajstić information content (AvgIpc) is 3.41. The molecule has 0 unspecified atom stereocenters. The van der Waals surface area contributed by atoms with E-state index in [2.05, 4.69) is 36.5 Å². The topological polar surface area (TPSA) is 81.4 Å². The van der Waals surface area contributed by atoms with Crippen molar-refractivity contribution >= 4 is 54.6 Å². The van der Waals surface area contributed by atoms with Gasteiger partial charge in [0.25, 0.3) is 5.91 Å². The number of ether oxygens (including phenoxy) is 1. The molecule has 1 N–H and O–H groups in total. The molecule has 0 aliphatic rings. The van der Waals surface area contributed by atoms with E-state index in [0.29, 0.717) is 17.0 Å². The van der Waals surface area contributed by atoms with Gasteiger partial charge in [-0.05, 0) is 51.3 Å². The molecule has 5 aromatic rings. The molecule has 5 rings (SSSR count). The van der Waals surface area contributed by atoms with E-state index >= 15 is 0 Å². The van der Waals surface area contributed by atoms with Crippen LogP contribution in [-0.4, -0.2) is 32.8 Å². The highest BCUT2D eigenvalue weighted by atomic mass is 79.9. The number of hydrogen-bond acceptors (Lipinski definition) is 6. The second kappa shape index (κ2) is 8.57. The van der Waals surface area contributed by atoms with Gasteiger partial charge < -0.3 is 10.1 Å². The van der Waals surface area contributed by atoms with Crippen LogP contribution in [0.2, 0.25) is 0 Å². The molecule has 9 heteroatoms. The van der Waals surface area contributed by atoms with E-state index in [-0.39, 0.29) is 5.91 Å². The number of rotatable bonds is 5. The van der Waals surface area contributed by atoms with E-state index in [9.17, 15) is 4.79 Å². The molecule has 1 amide bonds. The smallest absolute Gasteiger partial charge is 0.259 e. The zero-order chi connectivity index (χ0) is 23.1. The highest BCUT2D eigenvalue weighted by Crippen LogP contribution is 2.37. The maximum absolute atomic E-state index is 13.3. The summed E-state index contributed by atoms with van der Waals surface area (Å²) < 4.78 is 8.11. The molecule has 0 aliphatic carbocycles. The summed E-state index contributed by atoms with van der Waals surface area (Å²) in [5.74, 6) is 1.08. The third kappa shape index (κ3) is 3.77. The number of aromatic nitrogens is 4.